The molecular weight excluding hydrogens is 305 g/mol. The summed E-state index contributed by atoms with van der Waals surface area (Å²) in [5.41, 5.74) is -1.12. The van der Waals surface area contributed by atoms with Gasteiger partial charge in [-0.2, -0.15) is 0 Å². The summed E-state index contributed by atoms with van der Waals surface area (Å²) in [5, 5.41) is 20.8. The van der Waals surface area contributed by atoms with Crippen LogP contribution in [0.2, 0.25) is 0 Å². The van der Waals surface area contributed by atoms with Gasteiger partial charge in [0.05, 0.1) is 4.92 Å². The quantitative estimate of drug-likeness (QED) is 0.681. The number of carbonyl (C=O) groups is 1. The Morgan fingerprint density at radius 1 is 1.39 bits per heavy atom. The number of allylic oxidation sites excluding steroid dienone is 3. The predicted octanol–water partition coefficient (Wildman–Crippen LogP) is 2.77. The van der Waals surface area contributed by atoms with Gasteiger partial charge >= 0.3 is 11.7 Å². The summed E-state index contributed by atoms with van der Waals surface area (Å²) in [6, 6.07) is 5.14. The van der Waals surface area contributed by atoms with Crippen LogP contribution in [0.1, 0.15) is 17.9 Å². The molecule has 1 aliphatic carbocycles. The number of carboxylic acids is 1. The summed E-state index contributed by atoms with van der Waals surface area (Å²) in [6.07, 6.45) is 5.71. The van der Waals surface area contributed by atoms with E-state index in [1.165, 1.54) is 24.3 Å². The Labute approximate surface area is 130 Å². The fraction of sp³-hybridized carbons (Fsp3) is 0.188. The monoisotopic (exact) mass is 317 g/mol. The van der Waals surface area contributed by atoms with Crippen molar-refractivity contribution in [3.05, 3.63) is 81.4 Å². The normalized spacial score (nSPS) is 25.2. The van der Waals surface area contributed by atoms with Crippen LogP contribution in [-0.4, -0.2) is 21.7 Å². The third-order valence-corrected chi connectivity index (χ3v) is 3.87. The van der Waals surface area contributed by atoms with Crippen LogP contribution in [0.5, 0.6) is 0 Å². The minimum Gasteiger partial charge on any atom is -0.481 e. The number of nitrogens with zero attached hydrogens (tertiary/aromatic N) is 1. The first-order valence-corrected chi connectivity index (χ1v) is 6.84. The average Bonchev–Trinajstić information content (AvgIpc) is 2.93. The molecule has 0 saturated carbocycles. The van der Waals surface area contributed by atoms with Gasteiger partial charge in [-0.05, 0) is 23.8 Å². The molecule has 2 atom stereocenters. The zero-order valence-electron chi connectivity index (χ0n) is 11.8. The van der Waals surface area contributed by atoms with Crippen molar-refractivity contribution in [1.29, 1.82) is 0 Å². The van der Waals surface area contributed by atoms with Crippen LogP contribution in [0.15, 0.2) is 59.9 Å². The molecule has 0 spiro atoms. The van der Waals surface area contributed by atoms with Crippen molar-refractivity contribution < 1.29 is 24.0 Å². The first-order chi connectivity index (χ1) is 10.9. The third-order valence-electron chi connectivity index (χ3n) is 3.87. The minimum absolute atomic E-state index is 0.265. The highest BCUT2D eigenvalue weighted by molar-refractivity contribution is 5.68. The molecule has 1 N–H and O–H groups in total. The van der Waals surface area contributed by atoms with E-state index in [2.05, 4.69) is 0 Å². The van der Waals surface area contributed by atoms with Gasteiger partial charge in [-0.25, -0.2) is 4.39 Å². The molecule has 2 unspecified atom stereocenters. The van der Waals surface area contributed by atoms with Gasteiger partial charge in [-0.1, -0.05) is 30.4 Å². The molecule has 1 aromatic rings. The summed E-state index contributed by atoms with van der Waals surface area (Å²) in [6.45, 7) is 0. The maximum Gasteiger partial charge on any atom is 0.384 e. The Hall–Kier alpha value is -2.96. The van der Waals surface area contributed by atoms with Gasteiger partial charge in [0.15, 0.2) is 6.42 Å². The van der Waals surface area contributed by atoms with Crippen molar-refractivity contribution in [3.63, 3.8) is 0 Å². The second kappa shape index (κ2) is 5.35. The number of aliphatic carboxylic acids is 1. The molecule has 0 bridgehead atoms. The summed E-state index contributed by atoms with van der Waals surface area (Å²) in [4.78, 5) is 22.2. The number of hydrogen-bond donors (Lipinski definition) is 1. The Balaban J connectivity index is 2.16. The highest BCUT2D eigenvalue weighted by Gasteiger charge is 2.57. The van der Waals surface area contributed by atoms with Gasteiger partial charge in [0.1, 0.15) is 17.5 Å². The number of rotatable bonds is 4. The van der Waals surface area contributed by atoms with Gasteiger partial charge in [0.25, 0.3) is 0 Å². The van der Waals surface area contributed by atoms with E-state index >= 15 is 0 Å². The van der Waals surface area contributed by atoms with E-state index < -0.39 is 34.8 Å². The van der Waals surface area contributed by atoms with Crippen LogP contribution < -0.4 is 0 Å². The Morgan fingerprint density at radius 2 is 2.09 bits per heavy atom. The van der Waals surface area contributed by atoms with Crippen LogP contribution in [0.25, 0.3) is 0 Å². The molecule has 3 rings (SSSR count). The molecule has 6 nitrogen and oxygen atoms in total. The first-order valence-electron chi connectivity index (χ1n) is 6.84. The number of fused-ring (bicyclic) bond motifs is 1. The zero-order valence-corrected chi connectivity index (χ0v) is 11.8. The van der Waals surface area contributed by atoms with Crippen LogP contribution >= 0.6 is 0 Å². The molecule has 0 amide bonds. The van der Waals surface area contributed by atoms with Crippen molar-refractivity contribution in [2.24, 2.45) is 0 Å². The second-order valence-electron chi connectivity index (χ2n) is 5.32. The summed E-state index contributed by atoms with van der Waals surface area (Å²) in [5.74, 6) is -2.52. The molecule has 118 valence electrons. The Bertz CT molecular complexity index is 765. The fourth-order valence-corrected chi connectivity index (χ4v) is 2.82. The third kappa shape index (κ3) is 2.50. The van der Waals surface area contributed by atoms with E-state index in [0.29, 0.717) is 11.1 Å². The molecule has 2 aliphatic rings. The summed E-state index contributed by atoms with van der Waals surface area (Å²) < 4.78 is 18.7. The molecule has 1 heterocycles. The molecule has 0 saturated heterocycles. The predicted molar refractivity (Wildman–Crippen MR) is 77.5 cm³/mol. The maximum atomic E-state index is 13.1. The molecular formula is C16H12FNO5. The molecule has 0 fully saturated rings. The van der Waals surface area contributed by atoms with Crippen LogP contribution in [0, 0.1) is 15.9 Å². The molecule has 23 heavy (non-hydrogen) atoms. The van der Waals surface area contributed by atoms with Gasteiger partial charge in [-0.3, -0.25) is 14.9 Å². The van der Waals surface area contributed by atoms with E-state index in [4.69, 9.17) is 9.84 Å². The lowest BCUT2D eigenvalue weighted by Crippen LogP contribution is -2.49. The van der Waals surface area contributed by atoms with Gasteiger partial charge < -0.3 is 9.84 Å². The maximum absolute atomic E-state index is 13.1. The van der Waals surface area contributed by atoms with E-state index in [-0.39, 0.29) is 5.76 Å². The zero-order chi connectivity index (χ0) is 16.6. The van der Waals surface area contributed by atoms with E-state index in [1.54, 1.807) is 24.3 Å². The summed E-state index contributed by atoms with van der Waals surface area (Å²) in [7, 11) is 0. The molecule has 0 radical (unpaired) electrons. The van der Waals surface area contributed by atoms with E-state index in [1.807, 2.05) is 0 Å². The lowest BCUT2D eigenvalue weighted by molar-refractivity contribution is -0.628. The molecule has 7 heteroatoms. The van der Waals surface area contributed by atoms with Crippen LogP contribution in [0.4, 0.5) is 4.39 Å². The Kier molecular flexibility index (Phi) is 3.48. The molecule has 1 aliphatic heterocycles. The molecule has 1 aromatic carbocycles. The van der Waals surface area contributed by atoms with Crippen molar-refractivity contribution in [2.75, 3.05) is 0 Å². The van der Waals surface area contributed by atoms with Crippen LogP contribution in [-0.2, 0) is 9.53 Å². The number of halogens is 1. The number of nitro groups is 1. The lowest BCUT2D eigenvalue weighted by Gasteiger charge is -2.35. The first kappa shape index (κ1) is 15.0. The second-order valence-corrected chi connectivity index (χ2v) is 5.32. The fourth-order valence-electron chi connectivity index (χ4n) is 2.82. The molecule has 0 aromatic heterocycles. The smallest absolute Gasteiger partial charge is 0.384 e. The number of hydrogen-bond acceptors (Lipinski definition) is 4. The van der Waals surface area contributed by atoms with Crippen molar-refractivity contribution in [1.82, 2.24) is 0 Å². The van der Waals surface area contributed by atoms with E-state index in [9.17, 15) is 19.3 Å². The summed E-state index contributed by atoms with van der Waals surface area (Å²) >= 11 is 0. The van der Waals surface area contributed by atoms with Gasteiger partial charge in [-0.15, -0.1) is 0 Å². The number of carboxylic acid groups (broad SMARTS) is 1. The lowest BCUT2D eigenvalue weighted by atomic mass is 9.82. The SMILES string of the molecule is O=C(O)CC1([N+](=O)[O-])OC2=CC=CC2=CC1c1ccc(F)cc1. The topological polar surface area (TPSA) is 89.7 Å². The highest BCUT2D eigenvalue weighted by Crippen LogP contribution is 2.45. The largest absolute Gasteiger partial charge is 0.481 e. The van der Waals surface area contributed by atoms with E-state index in [0.717, 1.165) is 0 Å². The average molecular weight is 317 g/mol. The van der Waals surface area contributed by atoms with Gasteiger partial charge in [0, 0.05) is 5.57 Å². The minimum atomic E-state index is -2.18. The Morgan fingerprint density at radius 3 is 2.70 bits per heavy atom. The highest BCUT2D eigenvalue weighted by atomic mass is 19.1. The van der Waals surface area contributed by atoms with Gasteiger partial charge in [0.2, 0.25) is 0 Å². The van der Waals surface area contributed by atoms with Crippen molar-refractivity contribution >= 4 is 5.97 Å². The number of benzene rings is 1. The standard InChI is InChI=1S/C16H12FNO5/c17-12-6-4-10(5-7-12)13-8-11-2-1-3-14(11)23-16(13,18(21)22)9-15(19)20/h1-8,13H,9H2,(H,19,20). The van der Waals surface area contributed by atoms with Crippen molar-refractivity contribution in [3.8, 4) is 0 Å². The van der Waals surface area contributed by atoms with Crippen molar-refractivity contribution in [2.45, 2.75) is 18.1 Å². The number of ether oxygens (including phenoxy) is 1. The van der Waals surface area contributed by atoms with Crippen LogP contribution in [0.3, 0.4) is 0 Å².